The van der Waals surface area contributed by atoms with Gasteiger partial charge in [0.2, 0.25) is 0 Å². The first-order chi connectivity index (χ1) is 13.7. The zero-order valence-electron chi connectivity index (χ0n) is 18.5. The zero-order chi connectivity index (χ0) is 20.0. The summed E-state index contributed by atoms with van der Waals surface area (Å²) in [5, 5.41) is 0. The molecule has 1 saturated carbocycles. The molecule has 0 radical (unpaired) electrons. The lowest BCUT2D eigenvalue weighted by atomic mass is 9.77. The molecule has 0 N–H and O–H groups in total. The number of rotatable bonds is 14. The molecule has 1 aliphatic rings. The van der Waals surface area contributed by atoms with Gasteiger partial charge in [0.05, 0.1) is 6.61 Å². The van der Waals surface area contributed by atoms with E-state index in [1.54, 1.807) is 6.07 Å². The minimum absolute atomic E-state index is 0.176. The van der Waals surface area contributed by atoms with Crippen molar-refractivity contribution in [3.05, 3.63) is 29.6 Å². The third-order valence-electron chi connectivity index (χ3n) is 6.50. The number of benzene rings is 1. The first kappa shape index (κ1) is 23.2. The van der Waals surface area contributed by atoms with E-state index in [2.05, 4.69) is 19.9 Å². The zero-order valence-corrected chi connectivity index (χ0v) is 18.5. The summed E-state index contributed by atoms with van der Waals surface area (Å²) in [6, 6.07) is 5.70. The number of halogens is 1. The molecule has 1 aliphatic carbocycles. The molecule has 1 aromatic carbocycles. The number of unbranched alkanes of at least 4 members (excludes halogenated alkanes) is 8. The van der Waals surface area contributed by atoms with Gasteiger partial charge in [-0.15, -0.1) is 0 Å². The molecule has 1 fully saturated rings. The molecule has 0 aromatic heterocycles. The molecule has 160 valence electrons. The number of hydrogen-bond donors (Lipinski definition) is 0. The van der Waals surface area contributed by atoms with E-state index in [0.29, 0.717) is 18.3 Å². The molecule has 0 heterocycles. The largest absolute Gasteiger partial charge is 0.491 e. The fourth-order valence-corrected chi connectivity index (χ4v) is 4.58. The molecule has 0 unspecified atom stereocenters. The fraction of sp³-hybridized carbons (Fsp3) is 0.769. The summed E-state index contributed by atoms with van der Waals surface area (Å²) >= 11 is 0. The topological polar surface area (TPSA) is 9.23 Å². The van der Waals surface area contributed by atoms with Crippen LogP contribution in [-0.4, -0.2) is 6.61 Å². The predicted molar refractivity (Wildman–Crippen MR) is 119 cm³/mol. The molecule has 1 nitrogen and oxygen atoms in total. The van der Waals surface area contributed by atoms with E-state index in [0.717, 1.165) is 12.3 Å². The highest BCUT2D eigenvalue weighted by atomic mass is 19.1. The van der Waals surface area contributed by atoms with Crippen LogP contribution in [0.2, 0.25) is 0 Å². The van der Waals surface area contributed by atoms with Crippen LogP contribution < -0.4 is 4.74 Å². The molecular formula is C26H43FO. The Morgan fingerprint density at radius 3 is 2.11 bits per heavy atom. The smallest absolute Gasteiger partial charge is 0.165 e. The third kappa shape index (κ3) is 8.53. The maximum Gasteiger partial charge on any atom is 0.165 e. The van der Waals surface area contributed by atoms with Gasteiger partial charge in [0.15, 0.2) is 11.6 Å². The summed E-state index contributed by atoms with van der Waals surface area (Å²) in [4.78, 5) is 0. The molecular weight excluding hydrogens is 347 g/mol. The van der Waals surface area contributed by atoms with E-state index >= 15 is 0 Å². The van der Waals surface area contributed by atoms with Crippen molar-refractivity contribution in [3.8, 4) is 5.75 Å². The number of hydrogen-bond acceptors (Lipinski definition) is 1. The molecule has 28 heavy (non-hydrogen) atoms. The van der Waals surface area contributed by atoms with Crippen LogP contribution in [0.5, 0.6) is 5.75 Å². The Morgan fingerprint density at radius 1 is 0.821 bits per heavy atom. The van der Waals surface area contributed by atoms with E-state index in [1.165, 1.54) is 95.5 Å². The first-order valence-electron chi connectivity index (χ1n) is 12.2. The van der Waals surface area contributed by atoms with Gasteiger partial charge < -0.3 is 4.74 Å². The van der Waals surface area contributed by atoms with Crippen LogP contribution in [0, 0.1) is 11.7 Å². The predicted octanol–water partition coefficient (Wildman–Crippen LogP) is 8.81. The second kappa shape index (κ2) is 14.0. The average Bonchev–Trinajstić information content (AvgIpc) is 2.72. The lowest BCUT2D eigenvalue weighted by molar-refractivity contribution is 0.287. The third-order valence-corrected chi connectivity index (χ3v) is 6.50. The van der Waals surface area contributed by atoms with Gasteiger partial charge in [0.25, 0.3) is 0 Å². The van der Waals surface area contributed by atoms with E-state index in [4.69, 9.17) is 4.74 Å². The molecule has 2 heteroatoms. The standard InChI is InChI=1S/C26H43FO/c1-3-5-7-8-9-10-11-12-20-28-26-19-18-24(21-25(26)27)23-16-14-22(15-17-23)13-6-4-2/h18-19,21-23H,3-17,20H2,1-2H3/t22-,23-. The van der Waals surface area contributed by atoms with Crippen molar-refractivity contribution in [2.24, 2.45) is 5.92 Å². The van der Waals surface area contributed by atoms with Crippen molar-refractivity contribution in [1.29, 1.82) is 0 Å². The summed E-state index contributed by atoms with van der Waals surface area (Å²) in [6.45, 7) is 5.16. The fourth-order valence-electron chi connectivity index (χ4n) is 4.58. The summed E-state index contributed by atoms with van der Waals surface area (Å²) in [5.74, 6) is 1.69. The van der Waals surface area contributed by atoms with Crippen molar-refractivity contribution in [2.75, 3.05) is 6.61 Å². The molecule has 0 amide bonds. The Balaban J connectivity index is 1.64. The molecule has 1 aromatic rings. The van der Waals surface area contributed by atoms with Gasteiger partial charge in [-0.05, 0) is 61.6 Å². The first-order valence-corrected chi connectivity index (χ1v) is 12.2. The van der Waals surface area contributed by atoms with Crippen LogP contribution in [0.4, 0.5) is 4.39 Å². The van der Waals surface area contributed by atoms with E-state index in [-0.39, 0.29) is 5.82 Å². The minimum Gasteiger partial charge on any atom is -0.491 e. The average molecular weight is 391 g/mol. The lowest BCUT2D eigenvalue weighted by Gasteiger charge is -2.29. The summed E-state index contributed by atoms with van der Waals surface area (Å²) < 4.78 is 20.2. The summed E-state index contributed by atoms with van der Waals surface area (Å²) in [7, 11) is 0. The Kier molecular flexibility index (Phi) is 11.6. The second-order valence-electron chi connectivity index (χ2n) is 8.87. The maximum atomic E-state index is 14.5. The minimum atomic E-state index is -0.176. The molecule has 0 bridgehead atoms. The van der Waals surface area contributed by atoms with E-state index in [9.17, 15) is 4.39 Å². The van der Waals surface area contributed by atoms with Crippen LogP contribution in [0.25, 0.3) is 0 Å². The molecule has 2 rings (SSSR count). The summed E-state index contributed by atoms with van der Waals surface area (Å²) in [5.41, 5.74) is 1.17. The van der Waals surface area contributed by atoms with Crippen LogP contribution in [0.3, 0.4) is 0 Å². The van der Waals surface area contributed by atoms with Gasteiger partial charge in [0.1, 0.15) is 0 Å². The normalized spacial score (nSPS) is 19.7. The van der Waals surface area contributed by atoms with Gasteiger partial charge in [-0.3, -0.25) is 0 Å². The van der Waals surface area contributed by atoms with Crippen LogP contribution in [0.1, 0.15) is 122 Å². The monoisotopic (exact) mass is 390 g/mol. The Bertz CT molecular complexity index is 519. The second-order valence-corrected chi connectivity index (χ2v) is 8.87. The highest BCUT2D eigenvalue weighted by Gasteiger charge is 2.22. The van der Waals surface area contributed by atoms with Crippen molar-refractivity contribution < 1.29 is 9.13 Å². The Hall–Kier alpha value is -1.05. The molecule has 0 spiro atoms. The highest BCUT2D eigenvalue weighted by Crippen LogP contribution is 2.38. The van der Waals surface area contributed by atoms with E-state index < -0.39 is 0 Å². The van der Waals surface area contributed by atoms with Gasteiger partial charge in [-0.1, -0.05) is 84.1 Å². The lowest BCUT2D eigenvalue weighted by Crippen LogP contribution is -2.13. The SMILES string of the molecule is CCCCCCCCCCOc1ccc([C@H]2CC[C@H](CCCC)CC2)cc1F. The number of ether oxygens (including phenoxy) is 1. The Morgan fingerprint density at radius 2 is 1.46 bits per heavy atom. The molecule has 0 atom stereocenters. The van der Waals surface area contributed by atoms with Crippen molar-refractivity contribution >= 4 is 0 Å². The summed E-state index contributed by atoms with van der Waals surface area (Å²) in [6.07, 6.45) is 19.3. The van der Waals surface area contributed by atoms with Crippen LogP contribution in [0.15, 0.2) is 18.2 Å². The van der Waals surface area contributed by atoms with Crippen LogP contribution in [-0.2, 0) is 0 Å². The van der Waals surface area contributed by atoms with Crippen LogP contribution >= 0.6 is 0 Å². The highest BCUT2D eigenvalue weighted by molar-refractivity contribution is 5.31. The quantitative estimate of drug-likeness (QED) is 0.288. The van der Waals surface area contributed by atoms with Crippen molar-refractivity contribution in [1.82, 2.24) is 0 Å². The van der Waals surface area contributed by atoms with Gasteiger partial charge in [-0.2, -0.15) is 0 Å². The van der Waals surface area contributed by atoms with Crippen molar-refractivity contribution in [2.45, 2.75) is 116 Å². The van der Waals surface area contributed by atoms with Crippen molar-refractivity contribution in [3.63, 3.8) is 0 Å². The van der Waals surface area contributed by atoms with E-state index in [1.807, 2.05) is 6.07 Å². The van der Waals surface area contributed by atoms with Gasteiger partial charge in [-0.25, -0.2) is 4.39 Å². The van der Waals surface area contributed by atoms with Gasteiger partial charge in [0, 0.05) is 0 Å². The molecule has 0 aliphatic heterocycles. The van der Waals surface area contributed by atoms with Gasteiger partial charge >= 0.3 is 0 Å². The molecule has 0 saturated heterocycles. The maximum absolute atomic E-state index is 14.5. The Labute approximate surface area is 173 Å².